The van der Waals surface area contributed by atoms with Crippen LogP contribution in [0.4, 0.5) is 13.2 Å². The van der Waals surface area contributed by atoms with Crippen molar-refractivity contribution in [1.29, 1.82) is 0 Å². The Bertz CT molecular complexity index is 668. The van der Waals surface area contributed by atoms with Crippen LogP contribution in [0.3, 0.4) is 0 Å². The molecule has 0 aliphatic heterocycles. The number of halogens is 4. The molecule has 128 valence electrons. The molecule has 0 saturated heterocycles. The molecule has 9 heteroatoms. The van der Waals surface area contributed by atoms with Gasteiger partial charge in [-0.2, -0.15) is 13.2 Å². The van der Waals surface area contributed by atoms with Crippen molar-refractivity contribution in [2.45, 2.75) is 39.5 Å². The predicted molar refractivity (Wildman–Crippen MR) is 78.2 cm³/mol. The molecule has 1 atom stereocenters. The zero-order valence-corrected chi connectivity index (χ0v) is 13.5. The smallest absolute Gasteiger partial charge is 0.344 e. The number of ketones is 1. The first kappa shape index (κ1) is 19.2. The largest absolute Gasteiger partial charge is 0.417 e. The Hall–Kier alpha value is -1.83. The Morgan fingerprint density at radius 1 is 1.35 bits per heavy atom. The van der Waals surface area contributed by atoms with Crippen molar-refractivity contribution in [3.8, 4) is 0 Å². The van der Waals surface area contributed by atoms with Crippen LogP contribution in [0.15, 0.2) is 17.1 Å². The van der Waals surface area contributed by atoms with Gasteiger partial charge in [-0.3, -0.25) is 14.4 Å². The van der Waals surface area contributed by atoms with E-state index in [9.17, 15) is 27.6 Å². The zero-order chi connectivity index (χ0) is 17.9. The number of nitrogens with zero attached hydrogens (tertiary/aromatic N) is 1. The van der Waals surface area contributed by atoms with Crippen LogP contribution in [0, 0.1) is 5.92 Å². The van der Waals surface area contributed by atoms with Crippen LogP contribution in [0.25, 0.3) is 0 Å². The molecule has 1 aromatic heterocycles. The predicted octanol–water partition coefficient (Wildman–Crippen LogP) is 2.25. The SMILES string of the molecule is CC(=O)C(NC(=O)Cn1cc(C(F)(F)F)cc(Cl)c1=O)C(C)C. The van der Waals surface area contributed by atoms with Gasteiger partial charge in [-0.1, -0.05) is 25.4 Å². The highest BCUT2D eigenvalue weighted by atomic mass is 35.5. The van der Waals surface area contributed by atoms with Gasteiger partial charge in [-0.15, -0.1) is 0 Å². The van der Waals surface area contributed by atoms with Gasteiger partial charge in [0.2, 0.25) is 5.91 Å². The molecule has 0 fully saturated rings. The van der Waals surface area contributed by atoms with Crippen molar-refractivity contribution in [2.24, 2.45) is 5.92 Å². The fraction of sp³-hybridized carbons (Fsp3) is 0.500. The van der Waals surface area contributed by atoms with Crippen LogP contribution in [0.5, 0.6) is 0 Å². The first-order valence-corrected chi connectivity index (χ1v) is 7.08. The number of aromatic nitrogens is 1. The van der Waals surface area contributed by atoms with Gasteiger partial charge in [-0.05, 0) is 18.9 Å². The summed E-state index contributed by atoms with van der Waals surface area (Å²) in [5, 5.41) is 1.76. The third-order valence-electron chi connectivity index (χ3n) is 3.10. The maximum absolute atomic E-state index is 12.7. The van der Waals surface area contributed by atoms with Crippen molar-refractivity contribution < 1.29 is 22.8 Å². The minimum atomic E-state index is -4.70. The lowest BCUT2D eigenvalue weighted by atomic mass is 10.0. The summed E-state index contributed by atoms with van der Waals surface area (Å²) in [5.74, 6) is -1.24. The number of pyridine rings is 1. The fourth-order valence-electron chi connectivity index (χ4n) is 1.98. The maximum Gasteiger partial charge on any atom is 0.417 e. The van der Waals surface area contributed by atoms with E-state index in [1.54, 1.807) is 13.8 Å². The number of nitrogens with one attached hydrogen (secondary N) is 1. The Balaban J connectivity index is 3.05. The van der Waals surface area contributed by atoms with E-state index in [4.69, 9.17) is 11.6 Å². The van der Waals surface area contributed by atoms with E-state index in [2.05, 4.69) is 5.32 Å². The summed E-state index contributed by atoms with van der Waals surface area (Å²) in [6.45, 7) is 4.04. The molecule has 0 aromatic carbocycles. The second kappa shape index (κ2) is 7.16. The van der Waals surface area contributed by atoms with Gasteiger partial charge in [0.1, 0.15) is 11.6 Å². The third kappa shape index (κ3) is 5.09. The summed E-state index contributed by atoms with van der Waals surface area (Å²) in [4.78, 5) is 35.1. The zero-order valence-electron chi connectivity index (χ0n) is 12.7. The number of hydrogen-bond donors (Lipinski definition) is 1. The highest BCUT2D eigenvalue weighted by Crippen LogP contribution is 2.29. The molecule has 1 aromatic rings. The van der Waals surface area contributed by atoms with Gasteiger partial charge in [-0.25, -0.2) is 0 Å². The number of carbonyl (C=O) groups is 2. The van der Waals surface area contributed by atoms with Crippen LogP contribution < -0.4 is 10.9 Å². The minimum Gasteiger partial charge on any atom is -0.344 e. The van der Waals surface area contributed by atoms with Gasteiger partial charge >= 0.3 is 6.18 Å². The van der Waals surface area contributed by atoms with Crippen molar-refractivity contribution in [3.05, 3.63) is 33.2 Å². The molecule has 1 rings (SSSR count). The molecule has 1 N–H and O–H groups in total. The van der Waals surface area contributed by atoms with Crippen molar-refractivity contribution in [2.75, 3.05) is 0 Å². The lowest BCUT2D eigenvalue weighted by Crippen LogP contribution is -2.45. The monoisotopic (exact) mass is 352 g/mol. The molecule has 0 saturated carbocycles. The number of amides is 1. The molecule has 0 aliphatic carbocycles. The average Bonchev–Trinajstić information content (AvgIpc) is 2.39. The maximum atomic E-state index is 12.7. The van der Waals surface area contributed by atoms with Gasteiger partial charge in [0.05, 0.1) is 11.6 Å². The minimum absolute atomic E-state index is 0.196. The second-order valence-corrected chi connectivity index (χ2v) is 5.81. The normalized spacial score (nSPS) is 13.0. The molecule has 1 unspecified atom stereocenters. The van der Waals surface area contributed by atoms with E-state index in [1.807, 2.05) is 0 Å². The first-order valence-electron chi connectivity index (χ1n) is 6.70. The number of rotatable bonds is 5. The van der Waals surface area contributed by atoms with E-state index in [0.29, 0.717) is 16.8 Å². The summed E-state index contributed by atoms with van der Waals surface area (Å²) < 4.78 is 38.7. The molecular weight excluding hydrogens is 337 g/mol. The van der Waals surface area contributed by atoms with E-state index >= 15 is 0 Å². The molecule has 1 amide bonds. The van der Waals surface area contributed by atoms with Gasteiger partial charge in [0.15, 0.2) is 5.78 Å². The quantitative estimate of drug-likeness (QED) is 0.883. The van der Waals surface area contributed by atoms with Crippen LogP contribution in [0.2, 0.25) is 5.02 Å². The lowest BCUT2D eigenvalue weighted by molar-refractivity contribution is -0.138. The standard InChI is InChI=1S/C14H16ClF3N2O3/c1-7(2)12(8(3)21)19-11(22)6-20-5-9(14(16,17)18)4-10(15)13(20)23/h4-5,7,12H,6H2,1-3H3,(H,19,22). The highest BCUT2D eigenvalue weighted by Gasteiger charge is 2.32. The third-order valence-corrected chi connectivity index (χ3v) is 3.38. The summed E-state index contributed by atoms with van der Waals surface area (Å²) >= 11 is 5.50. The average molecular weight is 353 g/mol. The van der Waals surface area contributed by atoms with Gasteiger partial charge in [0.25, 0.3) is 5.56 Å². The van der Waals surface area contributed by atoms with Crippen LogP contribution in [-0.4, -0.2) is 22.3 Å². The van der Waals surface area contributed by atoms with Gasteiger partial charge < -0.3 is 9.88 Å². The Labute approximate surface area is 135 Å². The summed E-state index contributed by atoms with van der Waals surface area (Å²) in [5.41, 5.74) is -2.05. The summed E-state index contributed by atoms with van der Waals surface area (Å²) in [7, 11) is 0. The van der Waals surface area contributed by atoms with E-state index in [-0.39, 0.29) is 11.7 Å². The molecule has 23 heavy (non-hydrogen) atoms. The van der Waals surface area contributed by atoms with Crippen LogP contribution >= 0.6 is 11.6 Å². The van der Waals surface area contributed by atoms with Crippen molar-refractivity contribution in [1.82, 2.24) is 9.88 Å². The highest BCUT2D eigenvalue weighted by molar-refractivity contribution is 6.30. The summed E-state index contributed by atoms with van der Waals surface area (Å²) in [6.07, 6.45) is -4.18. The number of Topliss-reactive ketones (excluding diaryl/α,β-unsaturated/α-hetero) is 1. The van der Waals surface area contributed by atoms with E-state index in [1.165, 1.54) is 6.92 Å². The Morgan fingerprint density at radius 2 is 1.91 bits per heavy atom. The molecule has 5 nitrogen and oxygen atoms in total. The van der Waals surface area contributed by atoms with Crippen LogP contribution in [-0.2, 0) is 22.3 Å². The molecular formula is C14H16ClF3N2O3. The van der Waals surface area contributed by atoms with Crippen molar-refractivity contribution in [3.63, 3.8) is 0 Å². The molecule has 0 spiro atoms. The lowest BCUT2D eigenvalue weighted by Gasteiger charge is -2.20. The van der Waals surface area contributed by atoms with Gasteiger partial charge in [0, 0.05) is 6.20 Å². The first-order chi connectivity index (χ1) is 10.4. The Kier molecular flexibility index (Phi) is 5.98. The number of hydrogen-bond acceptors (Lipinski definition) is 3. The fourth-order valence-corrected chi connectivity index (χ4v) is 2.21. The summed E-state index contributed by atoms with van der Waals surface area (Å²) in [6, 6.07) is -0.274. The molecule has 0 bridgehead atoms. The molecule has 0 radical (unpaired) electrons. The molecule has 0 aliphatic rings. The number of alkyl halides is 3. The van der Waals surface area contributed by atoms with E-state index < -0.39 is 40.8 Å². The Morgan fingerprint density at radius 3 is 2.35 bits per heavy atom. The molecule has 1 heterocycles. The number of carbonyl (C=O) groups excluding carboxylic acids is 2. The van der Waals surface area contributed by atoms with Crippen LogP contribution in [0.1, 0.15) is 26.3 Å². The van der Waals surface area contributed by atoms with Crippen molar-refractivity contribution >= 4 is 23.3 Å². The topological polar surface area (TPSA) is 68.2 Å². The van der Waals surface area contributed by atoms with E-state index in [0.717, 1.165) is 0 Å². The second-order valence-electron chi connectivity index (χ2n) is 5.41.